The van der Waals surface area contributed by atoms with E-state index in [9.17, 15) is 17.6 Å². The van der Waals surface area contributed by atoms with Crippen LogP contribution in [0.15, 0.2) is 17.0 Å². The zero-order valence-corrected chi connectivity index (χ0v) is 11.8. The molecule has 7 heteroatoms. The van der Waals surface area contributed by atoms with E-state index in [1.165, 1.54) is 13.0 Å². The molecule has 19 heavy (non-hydrogen) atoms. The Morgan fingerprint density at radius 2 is 2.00 bits per heavy atom. The van der Waals surface area contributed by atoms with Crippen molar-refractivity contribution in [2.75, 3.05) is 6.61 Å². The molecule has 0 heterocycles. The maximum atomic E-state index is 13.6. The first-order valence-electron chi connectivity index (χ1n) is 5.63. The van der Waals surface area contributed by atoms with Crippen molar-refractivity contribution in [1.82, 2.24) is 0 Å². The second-order valence-electron chi connectivity index (χ2n) is 4.64. The van der Waals surface area contributed by atoms with Crippen LogP contribution in [0.2, 0.25) is 0 Å². The monoisotopic (exact) mass is 289 g/mol. The highest BCUT2D eigenvalue weighted by molar-refractivity contribution is 7.89. The number of esters is 1. The van der Waals surface area contributed by atoms with Crippen molar-refractivity contribution in [2.24, 2.45) is 11.1 Å². The Balaban J connectivity index is 3.18. The van der Waals surface area contributed by atoms with Gasteiger partial charge in [-0.1, -0.05) is 13.8 Å². The quantitative estimate of drug-likeness (QED) is 0.853. The number of rotatable bonds is 4. The average Bonchev–Trinajstić information content (AvgIpc) is 2.27. The van der Waals surface area contributed by atoms with Gasteiger partial charge in [-0.2, -0.15) is 0 Å². The number of sulfonamides is 1. The molecule has 0 aliphatic heterocycles. The van der Waals surface area contributed by atoms with Gasteiger partial charge in [-0.05, 0) is 30.5 Å². The fraction of sp³-hybridized carbons (Fsp3) is 0.417. The van der Waals surface area contributed by atoms with Gasteiger partial charge in [0.1, 0.15) is 10.7 Å². The number of nitrogens with two attached hydrogens (primary N) is 1. The van der Waals surface area contributed by atoms with Crippen LogP contribution in [0.5, 0.6) is 0 Å². The van der Waals surface area contributed by atoms with Gasteiger partial charge in [0.2, 0.25) is 10.0 Å². The zero-order chi connectivity index (χ0) is 14.8. The summed E-state index contributed by atoms with van der Waals surface area (Å²) >= 11 is 0. The van der Waals surface area contributed by atoms with Gasteiger partial charge in [-0.3, -0.25) is 0 Å². The van der Waals surface area contributed by atoms with Crippen LogP contribution in [0.4, 0.5) is 4.39 Å². The predicted molar refractivity (Wildman–Crippen MR) is 67.6 cm³/mol. The number of hydrogen-bond donors (Lipinski definition) is 1. The summed E-state index contributed by atoms with van der Waals surface area (Å²) in [5, 5.41) is 4.90. The van der Waals surface area contributed by atoms with Crippen molar-refractivity contribution in [3.8, 4) is 0 Å². The molecule has 0 atom stereocenters. The molecule has 106 valence electrons. The van der Waals surface area contributed by atoms with E-state index in [1.54, 1.807) is 0 Å². The first kappa shape index (κ1) is 15.6. The van der Waals surface area contributed by atoms with Crippen LogP contribution in [-0.2, 0) is 14.8 Å². The molecule has 0 saturated heterocycles. The Hall–Kier alpha value is -1.47. The van der Waals surface area contributed by atoms with Crippen molar-refractivity contribution in [3.05, 3.63) is 29.1 Å². The molecular formula is C12H16FNO4S. The molecule has 0 bridgehead atoms. The average molecular weight is 289 g/mol. The van der Waals surface area contributed by atoms with E-state index in [0.29, 0.717) is 0 Å². The summed E-state index contributed by atoms with van der Waals surface area (Å²) in [6.45, 7) is 5.27. The summed E-state index contributed by atoms with van der Waals surface area (Å²) < 4.78 is 41.1. The third-order valence-electron chi connectivity index (χ3n) is 2.31. The topological polar surface area (TPSA) is 86.5 Å². The van der Waals surface area contributed by atoms with Crippen molar-refractivity contribution < 1.29 is 22.3 Å². The van der Waals surface area contributed by atoms with E-state index in [2.05, 4.69) is 0 Å². The molecule has 0 aliphatic rings. The van der Waals surface area contributed by atoms with Crippen LogP contribution < -0.4 is 5.14 Å². The van der Waals surface area contributed by atoms with E-state index in [4.69, 9.17) is 9.88 Å². The van der Waals surface area contributed by atoms with E-state index in [-0.39, 0.29) is 23.7 Å². The molecule has 1 aromatic carbocycles. The smallest absolute Gasteiger partial charge is 0.338 e. The fourth-order valence-corrected chi connectivity index (χ4v) is 2.09. The molecule has 0 spiro atoms. The number of ether oxygens (including phenoxy) is 1. The van der Waals surface area contributed by atoms with Gasteiger partial charge in [-0.25, -0.2) is 22.7 Å². The largest absolute Gasteiger partial charge is 0.462 e. The summed E-state index contributed by atoms with van der Waals surface area (Å²) in [6, 6.07) is 2.12. The SMILES string of the molecule is Cc1cc(C(=O)OCC(C)C)cc(S(N)(=O)=O)c1F. The lowest BCUT2D eigenvalue weighted by molar-refractivity contribution is 0.0458. The van der Waals surface area contributed by atoms with Crippen LogP contribution in [0.1, 0.15) is 29.8 Å². The lowest BCUT2D eigenvalue weighted by Gasteiger charge is -2.10. The molecule has 0 aliphatic carbocycles. The van der Waals surface area contributed by atoms with Gasteiger partial charge < -0.3 is 4.74 Å². The molecule has 1 rings (SSSR count). The van der Waals surface area contributed by atoms with Crippen molar-refractivity contribution in [1.29, 1.82) is 0 Å². The van der Waals surface area contributed by atoms with Crippen molar-refractivity contribution in [2.45, 2.75) is 25.7 Å². The second-order valence-corrected chi connectivity index (χ2v) is 6.17. The fourth-order valence-electron chi connectivity index (χ4n) is 1.39. The van der Waals surface area contributed by atoms with Crippen LogP contribution >= 0.6 is 0 Å². The Kier molecular flexibility index (Phi) is 4.65. The maximum Gasteiger partial charge on any atom is 0.338 e. The minimum absolute atomic E-state index is 0.0167. The summed E-state index contributed by atoms with van der Waals surface area (Å²) in [4.78, 5) is 11.0. The molecule has 1 aromatic rings. The van der Waals surface area contributed by atoms with Crippen LogP contribution in [0.3, 0.4) is 0 Å². The number of benzene rings is 1. The number of halogens is 1. The van der Waals surface area contributed by atoms with Gasteiger partial charge in [0.05, 0.1) is 12.2 Å². The Bertz CT molecular complexity index is 596. The van der Waals surface area contributed by atoms with Gasteiger partial charge >= 0.3 is 5.97 Å². The zero-order valence-electron chi connectivity index (χ0n) is 10.9. The Morgan fingerprint density at radius 1 is 1.42 bits per heavy atom. The molecule has 0 radical (unpaired) electrons. The van der Waals surface area contributed by atoms with Crippen molar-refractivity contribution >= 4 is 16.0 Å². The van der Waals surface area contributed by atoms with E-state index >= 15 is 0 Å². The van der Waals surface area contributed by atoms with E-state index in [0.717, 1.165) is 6.07 Å². The van der Waals surface area contributed by atoms with Gasteiger partial charge in [-0.15, -0.1) is 0 Å². The molecule has 5 nitrogen and oxygen atoms in total. The summed E-state index contributed by atoms with van der Waals surface area (Å²) in [5.74, 6) is -1.52. The lowest BCUT2D eigenvalue weighted by atomic mass is 10.1. The highest BCUT2D eigenvalue weighted by Gasteiger charge is 2.20. The highest BCUT2D eigenvalue weighted by Crippen LogP contribution is 2.20. The number of hydrogen-bond acceptors (Lipinski definition) is 4. The third-order valence-corrected chi connectivity index (χ3v) is 3.22. The first-order valence-corrected chi connectivity index (χ1v) is 7.17. The molecule has 0 unspecified atom stereocenters. The second kappa shape index (κ2) is 5.66. The van der Waals surface area contributed by atoms with Gasteiger partial charge in [0, 0.05) is 0 Å². The molecule has 0 saturated carbocycles. The molecular weight excluding hydrogens is 273 g/mol. The summed E-state index contributed by atoms with van der Waals surface area (Å²) in [6.07, 6.45) is 0. The standard InChI is InChI=1S/C12H16FNO4S/c1-7(2)6-18-12(15)9-4-8(3)11(13)10(5-9)19(14,16)17/h4-5,7H,6H2,1-3H3,(H2,14,16,17). The van der Waals surface area contributed by atoms with E-state index < -0.39 is 26.7 Å². The molecule has 0 aromatic heterocycles. The first-order chi connectivity index (χ1) is 8.62. The number of carbonyl (C=O) groups excluding carboxylic acids is 1. The maximum absolute atomic E-state index is 13.6. The normalized spacial score (nSPS) is 11.7. The molecule has 2 N–H and O–H groups in total. The van der Waals surface area contributed by atoms with Gasteiger partial charge in [0.15, 0.2) is 0 Å². The van der Waals surface area contributed by atoms with Crippen LogP contribution in [-0.4, -0.2) is 21.0 Å². The molecule has 0 amide bonds. The summed E-state index contributed by atoms with van der Waals surface area (Å²) in [5.41, 5.74) is -0.0217. The number of aryl methyl sites for hydroxylation is 1. The Morgan fingerprint density at radius 3 is 2.47 bits per heavy atom. The van der Waals surface area contributed by atoms with Gasteiger partial charge in [0.25, 0.3) is 0 Å². The Labute approximate surface area is 111 Å². The number of primary sulfonamides is 1. The number of carbonyl (C=O) groups is 1. The lowest BCUT2D eigenvalue weighted by Crippen LogP contribution is -2.17. The van der Waals surface area contributed by atoms with Crippen molar-refractivity contribution in [3.63, 3.8) is 0 Å². The van der Waals surface area contributed by atoms with Crippen LogP contribution in [0.25, 0.3) is 0 Å². The third kappa shape index (κ3) is 4.00. The molecule has 0 fully saturated rings. The highest BCUT2D eigenvalue weighted by atomic mass is 32.2. The minimum atomic E-state index is -4.23. The predicted octanol–water partition coefficient (Wildman–Crippen LogP) is 1.59. The van der Waals surface area contributed by atoms with E-state index in [1.807, 2.05) is 13.8 Å². The van der Waals surface area contributed by atoms with Crippen LogP contribution in [0, 0.1) is 18.7 Å². The minimum Gasteiger partial charge on any atom is -0.462 e. The summed E-state index contributed by atoms with van der Waals surface area (Å²) in [7, 11) is -4.23.